The Morgan fingerprint density at radius 1 is 1.11 bits per heavy atom. The molecule has 1 unspecified atom stereocenters. The highest BCUT2D eigenvalue weighted by molar-refractivity contribution is 5.99. The van der Waals surface area contributed by atoms with Crippen LogP contribution in [0.3, 0.4) is 0 Å². The summed E-state index contributed by atoms with van der Waals surface area (Å²) < 4.78 is 6.03. The van der Waals surface area contributed by atoms with Crippen molar-refractivity contribution in [2.75, 3.05) is 18.0 Å². The van der Waals surface area contributed by atoms with Gasteiger partial charge in [-0.2, -0.15) is 0 Å². The summed E-state index contributed by atoms with van der Waals surface area (Å²) in [6.45, 7) is 3.49. The topological polar surface area (TPSA) is 68.5 Å². The molecule has 3 aromatic rings. The van der Waals surface area contributed by atoms with Gasteiger partial charge in [0.25, 0.3) is 5.91 Å². The molecule has 1 amide bonds. The Bertz CT molecular complexity index is 971. The lowest BCUT2D eigenvalue weighted by molar-refractivity contribution is 0.100. The second-order valence-corrected chi connectivity index (χ2v) is 7.11. The number of amides is 1. The molecule has 28 heavy (non-hydrogen) atoms. The zero-order valence-electron chi connectivity index (χ0n) is 15.8. The van der Waals surface area contributed by atoms with Crippen LogP contribution >= 0.6 is 0 Å². The lowest BCUT2D eigenvalue weighted by Gasteiger charge is -2.22. The quantitative estimate of drug-likeness (QED) is 0.738. The number of carbonyl (C=O) groups excluding carboxylic acids is 1. The number of ether oxygens (including phenoxy) is 1. The maximum absolute atomic E-state index is 12.0. The minimum atomic E-state index is -0.417. The van der Waals surface area contributed by atoms with Crippen molar-refractivity contribution >= 4 is 11.6 Å². The van der Waals surface area contributed by atoms with E-state index in [1.165, 1.54) is 0 Å². The van der Waals surface area contributed by atoms with E-state index in [0.717, 1.165) is 35.3 Å². The van der Waals surface area contributed by atoms with Gasteiger partial charge in [0.2, 0.25) is 5.88 Å². The number of aromatic nitrogens is 1. The fourth-order valence-electron chi connectivity index (χ4n) is 3.55. The molecule has 0 bridgehead atoms. The molecule has 1 aromatic heterocycles. The van der Waals surface area contributed by atoms with E-state index in [-0.39, 0.29) is 6.10 Å². The van der Waals surface area contributed by atoms with Crippen LogP contribution in [0.15, 0.2) is 66.9 Å². The van der Waals surface area contributed by atoms with Crippen LogP contribution in [-0.4, -0.2) is 30.1 Å². The fraction of sp³-hybridized carbons (Fsp3) is 0.217. The van der Waals surface area contributed by atoms with Gasteiger partial charge < -0.3 is 15.4 Å². The molecule has 0 spiro atoms. The summed E-state index contributed by atoms with van der Waals surface area (Å²) in [7, 11) is 0. The lowest BCUT2D eigenvalue weighted by Crippen LogP contribution is -2.27. The first-order valence-corrected chi connectivity index (χ1v) is 9.44. The van der Waals surface area contributed by atoms with E-state index in [2.05, 4.69) is 22.0 Å². The largest absolute Gasteiger partial charge is 0.472 e. The molecule has 2 aromatic carbocycles. The van der Waals surface area contributed by atoms with Crippen LogP contribution in [0.25, 0.3) is 11.1 Å². The number of nitrogens with zero attached hydrogens (tertiary/aromatic N) is 2. The normalized spacial score (nSPS) is 16.2. The van der Waals surface area contributed by atoms with Crippen LogP contribution in [-0.2, 0) is 0 Å². The highest BCUT2D eigenvalue weighted by Gasteiger charge is 2.27. The molecule has 2 heterocycles. The molecular formula is C23H23N3O2. The summed E-state index contributed by atoms with van der Waals surface area (Å²) in [6, 6.07) is 19.8. The number of aryl methyl sites for hydroxylation is 1. The van der Waals surface area contributed by atoms with Gasteiger partial charge in [0.05, 0.1) is 17.8 Å². The zero-order valence-corrected chi connectivity index (χ0v) is 15.8. The summed E-state index contributed by atoms with van der Waals surface area (Å²) in [5.74, 6) is 0.213. The SMILES string of the molecule is Cc1ccc(OC2CCN(c3cc(-c4ccccc4)ccc3C(N)=O)C2)nc1. The minimum Gasteiger partial charge on any atom is -0.472 e. The Hall–Kier alpha value is -3.34. The van der Waals surface area contributed by atoms with Crippen molar-refractivity contribution in [2.24, 2.45) is 5.73 Å². The van der Waals surface area contributed by atoms with Gasteiger partial charge in [-0.15, -0.1) is 0 Å². The summed E-state index contributed by atoms with van der Waals surface area (Å²) in [5, 5.41) is 0. The molecule has 5 nitrogen and oxygen atoms in total. The standard InChI is InChI=1S/C23H23N3O2/c1-16-7-10-22(25-14-16)28-19-11-12-26(15-19)21-13-18(8-9-20(21)23(24)27)17-5-3-2-4-6-17/h2-10,13-14,19H,11-12,15H2,1H3,(H2,24,27). The van der Waals surface area contributed by atoms with Crippen molar-refractivity contribution in [1.29, 1.82) is 0 Å². The Balaban J connectivity index is 1.57. The number of benzene rings is 2. The van der Waals surface area contributed by atoms with Gasteiger partial charge in [0.15, 0.2) is 0 Å². The van der Waals surface area contributed by atoms with Crippen molar-refractivity contribution < 1.29 is 9.53 Å². The second kappa shape index (κ2) is 7.72. The van der Waals surface area contributed by atoms with Crippen LogP contribution in [0.2, 0.25) is 0 Å². The van der Waals surface area contributed by atoms with Gasteiger partial charge in [0.1, 0.15) is 6.10 Å². The summed E-state index contributed by atoms with van der Waals surface area (Å²) in [4.78, 5) is 18.5. The monoisotopic (exact) mass is 373 g/mol. The molecule has 0 radical (unpaired) electrons. The third-order valence-corrected chi connectivity index (χ3v) is 5.03. The van der Waals surface area contributed by atoms with E-state index in [4.69, 9.17) is 10.5 Å². The third kappa shape index (κ3) is 3.83. The van der Waals surface area contributed by atoms with Gasteiger partial charge in [0, 0.05) is 25.2 Å². The first-order chi connectivity index (χ1) is 13.6. The smallest absolute Gasteiger partial charge is 0.250 e. The number of hydrogen-bond acceptors (Lipinski definition) is 4. The summed E-state index contributed by atoms with van der Waals surface area (Å²) in [6.07, 6.45) is 2.69. The maximum Gasteiger partial charge on any atom is 0.250 e. The molecule has 2 N–H and O–H groups in total. The van der Waals surface area contributed by atoms with Gasteiger partial charge >= 0.3 is 0 Å². The highest BCUT2D eigenvalue weighted by atomic mass is 16.5. The first-order valence-electron chi connectivity index (χ1n) is 9.44. The molecule has 1 aliphatic heterocycles. The van der Waals surface area contributed by atoms with E-state index < -0.39 is 5.91 Å². The average molecular weight is 373 g/mol. The Morgan fingerprint density at radius 2 is 1.93 bits per heavy atom. The minimum absolute atomic E-state index is 0.0244. The number of nitrogens with two attached hydrogens (primary N) is 1. The molecule has 142 valence electrons. The van der Waals surface area contributed by atoms with E-state index >= 15 is 0 Å². The number of rotatable bonds is 5. The predicted molar refractivity (Wildman–Crippen MR) is 111 cm³/mol. The zero-order chi connectivity index (χ0) is 19.5. The fourth-order valence-corrected chi connectivity index (χ4v) is 3.55. The highest BCUT2D eigenvalue weighted by Crippen LogP contribution is 2.31. The molecule has 0 saturated carbocycles. The molecule has 5 heteroatoms. The third-order valence-electron chi connectivity index (χ3n) is 5.03. The van der Waals surface area contributed by atoms with Gasteiger partial charge in [-0.1, -0.05) is 42.5 Å². The Kier molecular flexibility index (Phi) is 4.98. The van der Waals surface area contributed by atoms with Crippen molar-refractivity contribution in [2.45, 2.75) is 19.4 Å². The van der Waals surface area contributed by atoms with Gasteiger partial charge in [-0.25, -0.2) is 4.98 Å². The van der Waals surface area contributed by atoms with Gasteiger partial charge in [-0.05, 0) is 35.7 Å². The Labute approximate surface area is 164 Å². The van der Waals surface area contributed by atoms with Crippen LogP contribution < -0.4 is 15.4 Å². The molecule has 1 atom stereocenters. The van der Waals surface area contributed by atoms with Crippen molar-refractivity contribution in [3.8, 4) is 17.0 Å². The van der Waals surface area contributed by atoms with E-state index in [0.29, 0.717) is 18.0 Å². The average Bonchev–Trinajstić information content (AvgIpc) is 3.18. The predicted octanol–water partition coefficient (Wildman–Crippen LogP) is 3.81. The number of carbonyl (C=O) groups is 1. The van der Waals surface area contributed by atoms with Crippen molar-refractivity contribution in [1.82, 2.24) is 4.98 Å². The van der Waals surface area contributed by atoms with Crippen LogP contribution in [0.1, 0.15) is 22.3 Å². The van der Waals surface area contributed by atoms with E-state index in [1.54, 1.807) is 6.20 Å². The number of hydrogen-bond donors (Lipinski definition) is 1. The molecule has 1 fully saturated rings. The molecule has 4 rings (SSSR count). The van der Waals surface area contributed by atoms with Gasteiger partial charge in [-0.3, -0.25) is 4.79 Å². The van der Waals surface area contributed by atoms with Crippen LogP contribution in [0.5, 0.6) is 5.88 Å². The number of primary amides is 1. The van der Waals surface area contributed by atoms with E-state index in [1.807, 2.05) is 55.5 Å². The lowest BCUT2D eigenvalue weighted by atomic mass is 10.0. The molecule has 0 aliphatic carbocycles. The second-order valence-electron chi connectivity index (χ2n) is 7.11. The van der Waals surface area contributed by atoms with Crippen LogP contribution in [0, 0.1) is 6.92 Å². The molecular weight excluding hydrogens is 350 g/mol. The summed E-state index contributed by atoms with van der Waals surface area (Å²) >= 11 is 0. The van der Waals surface area contributed by atoms with E-state index in [9.17, 15) is 4.79 Å². The van der Waals surface area contributed by atoms with Crippen LogP contribution in [0.4, 0.5) is 5.69 Å². The molecule has 1 aliphatic rings. The molecule has 1 saturated heterocycles. The summed E-state index contributed by atoms with van der Waals surface area (Å²) in [5.41, 5.74) is 10.3. The number of pyridine rings is 1. The van der Waals surface area contributed by atoms with Crippen molar-refractivity contribution in [3.63, 3.8) is 0 Å². The number of anilines is 1. The van der Waals surface area contributed by atoms with Crippen molar-refractivity contribution in [3.05, 3.63) is 78.0 Å². The Morgan fingerprint density at radius 3 is 2.64 bits per heavy atom. The maximum atomic E-state index is 12.0. The first kappa shape index (κ1) is 18.0.